The van der Waals surface area contributed by atoms with Crippen LogP contribution >= 0.6 is 11.6 Å². The number of hydrogen-bond donors (Lipinski definition) is 0. The van der Waals surface area contributed by atoms with Crippen LogP contribution in [0.15, 0.2) is 0 Å². The minimum Gasteiger partial charge on any atom is -0.266 e. The number of halogens is 1. The van der Waals surface area contributed by atoms with E-state index in [0.29, 0.717) is 0 Å². The molecule has 0 atom stereocenters. The molecule has 0 heterocycles. The monoisotopic (exact) mass is 179 g/mol. The van der Waals surface area contributed by atoms with E-state index in [9.17, 15) is 0 Å². The fraction of sp³-hybridized carbons (Fsp3) is 1.00. The van der Waals surface area contributed by atoms with Crippen molar-refractivity contribution in [2.45, 2.75) is 5.25 Å². The molecule has 0 aromatic rings. The van der Waals surface area contributed by atoms with Gasteiger partial charge >= 0.3 is 0 Å². The maximum absolute atomic E-state index is 6.32. The predicted molar refractivity (Wildman–Crippen MR) is 49.6 cm³/mol. The van der Waals surface area contributed by atoms with Gasteiger partial charge in [0.25, 0.3) is 0 Å². The number of nitrogens with zero attached hydrogens (tertiary/aromatic N) is 3. The predicted octanol–water partition coefficient (Wildman–Crippen LogP) is 0.521. The summed E-state index contributed by atoms with van der Waals surface area (Å²) in [5.41, 5.74) is 0. The third-order valence-electron chi connectivity index (χ3n) is 1.71. The van der Waals surface area contributed by atoms with Crippen molar-refractivity contribution < 1.29 is 0 Å². The van der Waals surface area contributed by atoms with Crippen molar-refractivity contribution in [2.24, 2.45) is 0 Å². The molecule has 0 aliphatic rings. The Hall–Kier alpha value is 0.170. The topological polar surface area (TPSA) is 9.72 Å². The number of hydrogen-bond acceptors (Lipinski definition) is 3. The normalized spacial score (nSPS) is 13.6. The van der Waals surface area contributed by atoms with Crippen molar-refractivity contribution in [3.63, 3.8) is 0 Å². The zero-order chi connectivity index (χ0) is 9.23. The second-order valence-electron chi connectivity index (χ2n) is 3.24. The summed E-state index contributed by atoms with van der Waals surface area (Å²) >= 11 is 6.32. The Balaban J connectivity index is 4.53. The molecule has 0 fully saturated rings. The number of rotatable bonds is 3. The average molecular weight is 180 g/mol. The SMILES string of the molecule is CN(C)C(Cl)(N(C)C)N(C)C. The molecule has 0 aromatic carbocycles. The van der Waals surface area contributed by atoms with Crippen LogP contribution in [0.4, 0.5) is 0 Å². The summed E-state index contributed by atoms with van der Waals surface area (Å²) < 4.78 is 0. The highest BCUT2D eigenvalue weighted by Crippen LogP contribution is 2.22. The van der Waals surface area contributed by atoms with Crippen LogP contribution in [0.3, 0.4) is 0 Å². The lowest BCUT2D eigenvalue weighted by atomic mass is 10.5. The highest BCUT2D eigenvalue weighted by atomic mass is 35.5. The molecule has 0 saturated heterocycles. The quantitative estimate of drug-likeness (QED) is 0.356. The minimum atomic E-state index is -0.528. The van der Waals surface area contributed by atoms with Gasteiger partial charge in [0, 0.05) is 0 Å². The summed E-state index contributed by atoms with van der Waals surface area (Å²) in [6.07, 6.45) is 0. The minimum absolute atomic E-state index is 0.528. The van der Waals surface area contributed by atoms with Crippen LogP contribution in [0.25, 0.3) is 0 Å². The first-order valence-corrected chi connectivity index (χ1v) is 3.92. The second-order valence-corrected chi connectivity index (χ2v) is 3.74. The van der Waals surface area contributed by atoms with Gasteiger partial charge in [-0.25, -0.2) is 0 Å². The summed E-state index contributed by atoms with van der Waals surface area (Å²) in [6.45, 7) is 0. The van der Waals surface area contributed by atoms with Gasteiger partial charge in [0.1, 0.15) is 0 Å². The van der Waals surface area contributed by atoms with Crippen molar-refractivity contribution in [2.75, 3.05) is 42.3 Å². The summed E-state index contributed by atoms with van der Waals surface area (Å²) in [5, 5.41) is -0.528. The fourth-order valence-corrected chi connectivity index (χ4v) is 1.20. The highest BCUT2D eigenvalue weighted by Gasteiger charge is 2.34. The van der Waals surface area contributed by atoms with E-state index >= 15 is 0 Å². The Morgan fingerprint density at radius 1 is 0.727 bits per heavy atom. The van der Waals surface area contributed by atoms with Crippen LogP contribution < -0.4 is 0 Å². The maximum Gasteiger partial charge on any atom is 0.209 e. The van der Waals surface area contributed by atoms with Crippen LogP contribution in [-0.4, -0.2) is 62.2 Å². The Kier molecular flexibility index (Phi) is 3.77. The molecule has 68 valence electrons. The molecule has 4 heteroatoms. The Morgan fingerprint density at radius 2 is 0.909 bits per heavy atom. The van der Waals surface area contributed by atoms with Crippen LogP contribution in [0, 0.1) is 0 Å². The molecule has 0 bridgehead atoms. The van der Waals surface area contributed by atoms with Gasteiger partial charge in [0.15, 0.2) is 0 Å². The lowest BCUT2D eigenvalue weighted by Crippen LogP contribution is -2.59. The van der Waals surface area contributed by atoms with Gasteiger partial charge in [0.2, 0.25) is 5.25 Å². The van der Waals surface area contributed by atoms with E-state index in [0.717, 1.165) is 0 Å². The molecule has 0 saturated carbocycles. The smallest absolute Gasteiger partial charge is 0.209 e. The lowest BCUT2D eigenvalue weighted by molar-refractivity contribution is -0.0331. The van der Waals surface area contributed by atoms with Crippen LogP contribution in [0.1, 0.15) is 0 Å². The Bertz CT molecular complexity index is 101. The number of alkyl halides is 1. The van der Waals surface area contributed by atoms with Gasteiger partial charge < -0.3 is 0 Å². The van der Waals surface area contributed by atoms with Gasteiger partial charge in [-0.2, -0.15) is 0 Å². The van der Waals surface area contributed by atoms with Crippen molar-refractivity contribution >= 4 is 11.6 Å². The molecule has 3 nitrogen and oxygen atoms in total. The molecule has 0 N–H and O–H groups in total. The van der Waals surface area contributed by atoms with Crippen molar-refractivity contribution in [3.05, 3.63) is 0 Å². The zero-order valence-electron chi connectivity index (χ0n) is 8.22. The molecule has 11 heavy (non-hydrogen) atoms. The van der Waals surface area contributed by atoms with E-state index < -0.39 is 5.25 Å². The van der Waals surface area contributed by atoms with E-state index in [1.807, 2.05) is 57.0 Å². The second kappa shape index (κ2) is 3.72. The van der Waals surface area contributed by atoms with E-state index in [1.54, 1.807) is 0 Å². The summed E-state index contributed by atoms with van der Waals surface area (Å²) in [7, 11) is 11.7. The van der Waals surface area contributed by atoms with Gasteiger partial charge in [-0.3, -0.25) is 14.7 Å². The van der Waals surface area contributed by atoms with E-state index in [4.69, 9.17) is 11.6 Å². The first kappa shape index (κ1) is 11.2. The van der Waals surface area contributed by atoms with E-state index in [-0.39, 0.29) is 0 Å². The molecule has 0 unspecified atom stereocenters. The molecule has 0 aromatic heterocycles. The molecular weight excluding hydrogens is 162 g/mol. The molecule has 0 amide bonds. The van der Waals surface area contributed by atoms with E-state index in [2.05, 4.69) is 0 Å². The Labute approximate surface area is 74.5 Å². The maximum atomic E-state index is 6.32. The average Bonchev–Trinajstić information content (AvgIpc) is 1.84. The van der Waals surface area contributed by atoms with Crippen molar-refractivity contribution in [3.8, 4) is 0 Å². The van der Waals surface area contributed by atoms with Crippen molar-refractivity contribution in [1.29, 1.82) is 0 Å². The summed E-state index contributed by atoms with van der Waals surface area (Å²) in [4.78, 5) is 5.86. The lowest BCUT2D eigenvalue weighted by Gasteiger charge is -2.44. The van der Waals surface area contributed by atoms with Gasteiger partial charge in [-0.1, -0.05) is 11.6 Å². The molecule has 0 spiro atoms. The zero-order valence-corrected chi connectivity index (χ0v) is 8.98. The van der Waals surface area contributed by atoms with Gasteiger partial charge in [-0.15, -0.1) is 0 Å². The molecular formula is C7H18ClN3. The van der Waals surface area contributed by atoms with E-state index in [1.165, 1.54) is 0 Å². The standard InChI is InChI=1S/C7H18ClN3/c1-9(2)7(8,10(3)4)11(5)6/h1-6H3. The largest absolute Gasteiger partial charge is 0.266 e. The van der Waals surface area contributed by atoms with Gasteiger partial charge in [-0.05, 0) is 42.3 Å². The fourth-order valence-electron chi connectivity index (χ4n) is 1.20. The molecule has 0 aliphatic heterocycles. The van der Waals surface area contributed by atoms with Crippen LogP contribution in [-0.2, 0) is 0 Å². The highest BCUT2D eigenvalue weighted by molar-refractivity contribution is 6.22. The van der Waals surface area contributed by atoms with Crippen LogP contribution in [0.5, 0.6) is 0 Å². The van der Waals surface area contributed by atoms with Crippen LogP contribution in [0.2, 0.25) is 0 Å². The third kappa shape index (κ3) is 2.06. The summed E-state index contributed by atoms with van der Waals surface area (Å²) in [6, 6.07) is 0. The summed E-state index contributed by atoms with van der Waals surface area (Å²) in [5.74, 6) is 0. The molecule has 0 radical (unpaired) electrons. The first-order valence-electron chi connectivity index (χ1n) is 3.54. The third-order valence-corrected chi connectivity index (χ3v) is 2.72. The first-order chi connectivity index (χ1) is 4.83. The molecule has 0 aliphatic carbocycles. The van der Waals surface area contributed by atoms with Gasteiger partial charge in [0.05, 0.1) is 0 Å². The Morgan fingerprint density at radius 3 is 0.909 bits per heavy atom. The molecule has 0 rings (SSSR count). The van der Waals surface area contributed by atoms with Crippen molar-refractivity contribution in [1.82, 2.24) is 14.7 Å².